The normalized spacial score (nSPS) is 16.2. The Morgan fingerprint density at radius 2 is 1.53 bits per heavy atom. The number of hydrogen-bond acceptors (Lipinski definition) is 3. The van der Waals surface area contributed by atoms with Crippen molar-refractivity contribution in [3.05, 3.63) is 35.4 Å². The maximum absolute atomic E-state index is 12.3. The molecule has 0 atom stereocenters. The first-order valence-corrected chi connectivity index (χ1v) is 6.42. The summed E-state index contributed by atoms with van der Waals surface area (Å²) in [7, 11) is 3.64. The van der Waals surface area contributed by atoms with Crippen molar-refractivity contribution >= 4 is 11.8 Å². The van der Waals surface area contributed by atoms with Gasteiger partial charge in [-0.3, -0.25) is 9.59 Å². The number of piperazine rings is 1. The average molecular weight is 261 g/mol. The summed E-state index contributed by atoms with van der Waals surface area (Å²) in [6.07, 6.45) is 0. The highest BCUT2D eigenvalue weighted by molar-refractivity contribution is 5.97. The van der Waals surface area contributed by atoms with E-state index in [0.29, 0.717) is 11.1 Å². The zero-order valence-corrected chi connectivity index (χ0v) is 11.3. The van der Waals surface area contributed by atoms with Crippen LogP contribution in [0.15, 0.2) is 24.3 Å². The molecule has 0 saturated carbocycles. The van der Waals surface area contributed by atoms with E-state index in [1.54, 1.807) is 31.3 Å². The molecule has 1 aliphatic heterocycles. The first-order valence-electron chi connectivity index (χ1n) is 6.42. The van der Waals surface area contributed by atoms with Crippen LogP contribution < -0.4 is 5.32 Å². The molecule has 5 heteroatoms. The Labute approximate surface area is 113 Å². The average Bonchev–Trinajstić information content (AvgIpc) is 2.46. The van der Waals surface area contributed by atoms with Crippen LogP contribution in [0.4, 0.5) is 0 Å². The summed E-state index contributed by atoms with van der Waals surface area (Å²) in [5.74, 6) is -0.102. The van der Waals surface area contributed by atoms with Crippen molar-refractivity contribution < 1.29 is 9.59 Å². The smallest absolute Gasteiger partial charge is 0.253 e. The van der Waals surface area contributed by atoms with Gasteiger partial charge in [0.2, 0.25) is 0 Å². The summed E-state index contributed by atoms with van der Waals surface area (Å²) in [6.45, 7) is 3.32. The summed E-state index contributed by atoms with van der Waals surface area (Å²) in [6, 6.07) is 6.79. The van der Waals surface area contributed by atoms with Gasteiger partial charge in [0.25, 0.3) is 11.8 Å². The molecule has 0 aromatic heterocycles. The molecule has 0 unspecified atom stereocenters. The molecule has 0 spiro atoms. The molecule has 1 saturated heterocycles. The number of carbonyl (C=O) groups is 2. The maximum atomic E-state index is 12.3. The minimum atomic E-state index is -0.140. The Bertz CT molecular complexity index is 462. The molecule has 2 rings (SSSR count). The lowest BCUT2D eigenvalue weighted by molar-refractivity contribution is 0.0663. The number of benzene rings is 1. The topological polar surface area (TPSA) is 52.7 Å². The van der Waals surface area contributed by atoms with Gasteiger partial charge in [0.1, 0.15) is 0 Å². The summed E-state index contributed by atoms with van der Waals surface area (Å²) in [5, 5.41) is 2.56. The standard InChI is InChI=1S/C14H19N3O2/c1-15-13(18)11-3-5-12(6-4-11)14(19)17-9-7-16(2)8-10-17/h3-6H,7-10H2,1-2H3,(H,15,18). The molecule has 1 heterocycles. The minimum Gasteiger partial charge on any atom is -0.355 e. The first-order chi connectivity index (χ1) is 9.11. The quantitative estimate of drug-likeness (QED) is 0.840. The van der Waals surface area contributed by atoms with Crippen LogP contribution in [-0.2, 0) is 0 Å². The molecule has 19 heavy (non-hydrogen) atoms. The van der Waals surface area contributed by atoms with Gasteiger partial charge in [-0.1, -0.05) is 0 Å². The summed E-state index contributed by atoms with van der Waals surface area (Å²) in [5.41, 5.74) is 1.20. The van der Waals surface area contributed by atoms with Crippen molar-refractivity contribution in [2.24, 2.45) is 0 Å². The number of nitrogens with one attached hydrogen (secondary N) is 1. The van der Waals surface area contributed by atoms with Crippen LogP contribution >= 0.6 is 0 Å². The van der Waals surface area contributed by atoms with Crippen molar-refractivity contribution in [3.8, 4) is 0 Å². The van der Waals surface area contributed by atoms with Gasteiger partial charge in [0.15, 0.2) is 0 Å². The van der Waals surface area contributed by atoms with Gasteiger partial charge in [-0.25, -0.2) is 0 Å². The molecule has 102 valence electrons. The molecule has 2 amide bonds. The number of likely N-dealkylation sites (N-methyl/N-ethyl adjacent to an activating group) is 1. The Balaban J connectivity index is 2.05. The Morgan fingerprint density at radius 3 is 2.05 bits per heavy atom. The van der Waals surface area contributed by atoms with Gasteiger partial charge in [-0.15, -0.1) is 0 Å². The highest BCUT2D eigenvalue weighted by Crippen LogP contribution is 2.10. The third-order valence-electron chi connectivity index (χ3n) is 3.41. The second-order valence-corrected chi connectivity index (χ2v) is 4.75. The first kappa shape index (κ1) is 13.5. The number of nitrogens with zero attached hydrogens (tertiary/aromatic N) is 2. The van der Waals surface area contributed by atoms with Crippen LogP contribution in [0, 0.1) is 0 Å². The fourth-order valence-corrected chi connectivity index (χ4v) is 2.10. The molecule has 1 fully saturated rings. The van der Waals surface area contributed by atoms with Crippen LogP contribution in [-0.4, -0.2) is 61.9 Å². The minimum absolute atomic E-state index is 0.0385. The van der Waals surface area contributed by atoms with Crippen LogP contribution in [0.25, 0.3) is 0 Å². The molecule has 1 aromatic rings. The molecular formula is C14H19N3O2. The van der Waals surface area contributed by atoms with E-state index in [2.05, 4.69) is 17.3 Å². The molecule has 0 radical (unpaired) electrons. The third kappa shape index (κ3) is 3.12. The largest absolute Gasteiger partial charge is 0.355 e. The summed E-state index contributed by atoms with van der Waals surface area (Å²) < 4.78 is 0. The number of rotatable bonds is 2. The molecule has 1 aliphatic rings. The highest BCUT2D eigenvalue weighted by Gasteiger charge is 2.20. The van der Waals surface area contributed by atoms with E-state index in [1.165, 1.54) is 0 Å². The Morgan fingerprint density at radius 1 is 1.00 bits per heavy atom. The summed E-state index contributed by atoms with van der Waals surface area (Å²) >= 11 is 0. The van der Waals surface area contributed by atoms with Crippen LogP contribution in [0.5, 0.6) is 0 Å². The van der Waals surface area contributed by atoms with Gasteiger partial charge in [0.05, 0.1) is 0 Å². The van der Waals surface area contributed by atoms with E-state index in [-0.39, 0.29) is 11.8 Å². The fraction of sp³-hybridized carbons (Fsp3) is 0.429. The zero-order chi connectivity index (χ0) is 13.8. The van der Waals surface area contributed by atoms with Gasteiger partial charge in [-0.05, 0) is 31.3 Å². The van der Waals surface area contributed by atoms with Gasteiger partial charge in [-0.2, -0.15) is 0 Å². The molecule has 1 aromatic carbocycles. The van der Waals surface area contributed by atoms with Crippen LogP contribution in [0.3, 0.4) is 0 Å². The molecule has 0 bridgehead atoms. The number of hydrogen-bond donors (Lipinski definition) is 1. The van der Waals surface area contributed by atoms with E-state index in [0.717, 1.165) is 26.2 Å². The Hall–Kier alpha value is -1.88. The molecular weight excluding hydrogens is 242 g/mol. The second-order valence-electron chi connectivity index (χ2n) is 4.75. The second kappa shape index (κ2) is 5.84. The van der Waals surface area contributed by atoms with Crippen molar-refractivity contribution in [2.75, 3.05) is 40.3 Å². The van der Waals surface area contributed by atoms with E-state index >= 15 is 0 Å². The third-order valence-corrected chi connectivity index (χ3v) is 3.41. The van der Waals surface area contributed by atoms with E-state index in [9.17, 15) is 9.59 Å². The Kier molecular flexibility index (Phi) is 4.16. The fourth-order valence-electron chi connectivity index (χ4n) is 2.10. The number of carbonyl (C=O) groups excluding carboxylic acids is 2. The molecule has 0 aliphatic carbocycles. The number of amides is 2. The highest BCUT2D eigenvalue weighted by atomic mass is 16.2. The van der Waals surface area contributed by atoms with Gasteiger partial charge >= 0.3 is 0 Å². The van der Waals surface area contributed by atoms with Crippen molar-refractivity contribution in [3.63, 3.8) is 0 Å². The zero-order valence-electron chi connectivity index (χ0n) is 11.3. The van der Waals surface area contributed by atoms with Crippen molar-refractivity contribution in [1.82, 2.24) is 15.1 Å². The van der Waals surface area contributed by atoms with Gasteiger partial charge in [0, 0.05) is 44.4 Å². The molecule has 1 N–H and O–H groups in total. The maximum Gasteiger partial charge on any atom is 0.253 e. The predicted molar refractivity (Wildman–Crippen MR) is 73.2 cm³/mol. The predicted octanol–water partition coefficient (Wildman–Crippen LogP) is 0.434. The SMILES string of the molecule is CNC(=O)c1ccc(C(=O)N2CCN(C)CC2)cc1. The van der Waals surface area contributed by atoms with E-state index in [4.69, 9.17) is 0 Å². The lowest BCUT2D eigenvalue weighted by atomic mass is 10.1. The van der Waals surface area contributed by atoms with Crippen LogP contribution in [0.1, 0.15) is 20.7 Å². The van der Waals surface area contributed by atoms with Crippen molar-refractivity contribution in [2.45, 2.75) is 0 Å². The monoisotopic (exact) mass is 261 g/mol. The van der Waals surface area contributed by atoms with E-state index in [1.807, 2.05) is 4.90 Å². The summed E-state index contributed by atoms with van der Waals surface area (Å²) in [4.78, 5) is 27.7. The lowest BCUT2D eigenvalue weighted by Crippen LogP contribution is -2.47. The van der Waals surface area contributed by atoms with Crippen LogP contribution in [0.2, 0.25) is 0 Å². The lowest BCUT2D eigenvalue weighted by Gasteiger charge is -2.32. The van der Waals surface area contributed by atoms with Crippen molar-refractivity contribution in [1.29, 1.82) is 0 Å². The van der Waals surface area contributed by atoms with E-state index < -0.39 is 0 Å². The van der Waals surface area contributed by atoms with Gasteiger partial charge < -0.3 is 15.1 Å². The molecule has 5 nitrogen and oxygen atoms in total.